The monoisotopic (exact) mass is 283 g/mol. The van der Waals surface area contributed by atoms with E-state index in [1.807, 2.05) is 12.1 Å². The van der Waals surface area contributed by atoms with Crippen LogP contribution in [0, 0.1) is 5.82 Å². The van der Waals surface area contributed by atoms with Gasteiger partial charge in [-0.2, -0.15) is 0 Å². The van der Waals surface area contributed by atoms with Gasteiger partial charge < -0.3 is 10.6 Å². The summed E-state index contributed by atoms with van der Waals surface area (Å²) in [7, 11) is 0. The molecule has 0 saturated heterocycles. The molecule has 3 rings (SSSR count). The highest BCUT2D eigenvalue weighted by molar-refractivity contribution is 6.05. The van der Waals surface area contributed by atoms with Gasteiger partial charge in [0.1, 0.15) is 11.7 Å². The van der Waals surface area contributed by atoms with Crippen LogP contribution in [0.25, 0.3) is 0 Å². The topological polar surface area (TPSA) is 53.5 Å². The number of hydrogen-bond donors (Lipinski definition) is 2. The lowest BCUT2D eigenvalue weighted by molar-refractivity contribution is 0.102. The number of anilines is 1. The third-order valence-corrected chi connectivity index (χ3v) is 3.18. The predicted molar refractivity (Wildman–Crippen MR) is 80.2 cm³/mol. The van der Waals surface area contributed by atoms with Crippen molar-refractivity contribution in [3.63, 3.8) is 0 Å². The molecule has 0 unspecified atom stereocenters. The summed E-state index contributed by atoms with van der Waals surface area (Å²) in [4.78, 5) is 16.3. The van der Waals surface area contributed by atoms with E-state index >= 15 is 0 Å². The number of carbonyl (C=O) groups is 1. The van der Waals surface area contributed by atoms with Crippen LogP contribution in [-0.2, 0) is 0 Å². The Morgan fingerprint density at radius 3 is 2.67 bits per heavy atom. The number of amides is 1. The van der Waals surface area contributed by atoms with Crippen LogP contribution < -0.4 is 10.6 Å². The second-order valence-electron chi connectivity index (χ2n) is 4.70. The minimum atomic E-state index is -0.427. The molecule has 1 aliphatic rings. The van der Waals surface area contributed by atoms with Crippen LogP contribution in [0.5, 0.6) is 0 Å². The molecule has 2 aromatic carbocycles. The molecule has 4 nitrogen and oxygen atoms in total. The van der Waals surface area contributed by atoms with Gasteiger partial charge >= 0.3 is 0 Å². The van der Waals surface area contributed by atoms with Crippen molar-refractivity contribution in [1.29, 1.82) is 0 Å². The molecule has 0 atom stereocenters. The summed E-state index contributed by atoms with van der Waals surface area (Å²) in [6.45, 7) is 1.64. The number of halogens is 1. The van der Waals surface area contributed by atoms with E-state index in [1.54, 1.807) is 18.2 Å². The molecule has 1 heterocycles. The summed E-state index contributed by atoms with van der Waals surface area (Å²) in [5, 5.41) is 5.92. The maximum Gasteiger partial charge on any atom is 0.255 e. The average molecular weight is 283 g/mol. The molecular weight excluding hydrogens is 269 g/mol. The quantitative estimate of drug-likeness (QED) is 0.909. The average Bonchev–Trinajstić information content (AvgIpc) is 3.02. The fraction of sp³-hybridized carbons (Fsp3) is 0.125. The zero-order valence-electron chi connectivity index (χ0n) is 11.3. The Balaban J connectivity index is 1.71. The molecule has 2 aromatic rings. The lowest BCUT2D eigenvalue weighted by Gasteiger charge is -2.07. The Bertz CT molecular complexity index is 695. The van der Waals surface area contributed by atoms with Gasteiger partial charge in [0, 0.05) is 23.4 Å². The number of aliphatic imine (C=N–C) groups is 1. The van der Waals surface area contributed by atoms with E-state index in [0.29, 0.717) is 11.3 Å². The Labute approximate surface area is 121 Å². The van der Waals surface area contributed by atoms with Gasteiger partial charge in [-0.3, -0.25) is 9.79 Å². The fourth-order valence-electron chi connectivity index (χ4n) is 2.14. The van der Waals surface area contributed by atoms with Crippen LogP contribution in [0.4, 0.5) is 10.1 Å². The minimum absolute atomic E-state index is 0.293. The zero-order valence-corrected chi connectivity index (χ0v) is 11.3. The summed E-state index contributed by atoms with van der Waals surface area (Å²) in [6, 6.07) is 13.0. The van der Waals surface area contributed by atoms with Crippen LogP contribution in [-0.4, -0.2) is 24.8 Å². The zero-order chi connectivity index (χ0) is 14.7. The van der Waals surface area contributed by atoms with Crippen LogP contribution in [0.3, 0.4) is 0 Å². The Morgan fingerprint density at radius 2 is 2.00 bits per heavy atom. The number of nitrogens with one attached hydrogen (secondary N) is 2. The first-order chi connectivity index (χ1) is 10.2. The highest BCUT2D eigenvalue weighted by Crippen LogP contribution is 2.13. The molecule has 0 aromatic heterocycles. The van der Waals surface area contributed by atoms with Crippen LogP contribution >= 0.6 is 0 Å². The molecular formula is C16H14FN3O. The van der Waals surface area contributed by atoms with Crippen molar-refractivity contribution >= 4 is 17.4 Å². The first-order valence-corrected chi connectivity index (χ1v) is 6.68. The van der Waals surface area contributed by atoms with E-state index in [1.165, 1.54) is 18.2 Å². The summed E-state index contributed by atoms with van der Waals surface area (Å²) in [5.41, 5.74) is 1.93. The van der Waals surface area contributed by atoms with Gasteiger partial charge in [0.25, 0.3) is 5.91 Å². The molecule has 0 saturated carbocycles. The Morgan fingerprint density at radius 1 is 1.19 bits per heavy atom. The van der Waals surface area contributed by atoms with E-state index in [2.05, 4.69) is 15.6 Å². The maximum atomic E-state index is 13.1. The lowest BCUT2D eigenvalue weighted by atomic mass is 10.1. The smallest absolute Gasteiger partial charge is 0.255 e. The highest BCUT2D eigenvalue weighted by Gasteiger charge is 2.09. The minimum Gasteiger partial charge on any atom is -0.368 e. The third-order valence-electron chi connectivity index (χ3n) is 3.18. The van der Waals surface area contributed by atoms with E-state index in [4.69, 9.17) is 0 Å². The van der Waals surface area contributed by atoms with E-state index in [-0.39, 0.29) is 5.91 Å². The number of rotatable bonds is 3. The number of amidine groups is 1. The molecule has 0 spiro atoms. The SMILES string of the molecule is O=C(Nc1ccc(C2=NCCN2)cc1)c1cccc(F)c1. The molecule has 1 amide bonds. The van der Waals surface area contributed by atoms with E-state index in [9.17, 15) is 9.18 Å². The summed E-state index contributed by atoms with van der Waals surface area (Å²) in [6.07, 6.45) is 0. The molecule has 0 bridgehead atoms. The molecule has 0 fully saturated rings. The molecule has 106 valence electrons. The van der Waals surface area contributed by atoms with Crippen molar-refractivity contribution in [1.82, 2.24) is 5.32 Å². The van der Waals surface area contributed by atoms with Gasteiger partial charge in [-0.25, -0.2) is 4.39 Å². The van der Waals surface area contributed by atoms with Gasteiger partial charge in [0.15, 0.2) is 0 Å². The first kappa shape index (κ1) is 13.3. The second kappa shape index (κ2) is 5.75. The van der Waals surface area contributed by atoms with Gasteiger partial charge in [-0.05, 0) is 42.5 Å². The third kappa shape index (κ3) is 3.08. The van der Waals surface area contributed by atoms with Crippen LogP contribution in [0.15, 0.2) is 53.5 Å². The van der Waals surface area contributed by atoms with Gasteiger partial charge in [-0.15, -0.1) is 0 Å². The summed E-state index contributed by atoms with van der Waals surface area (Å²) < 4.78 is 13.1. The summed E-state index contributed by atoms with van der Waals surface area (Å²) >= 11 is 0. The maximum absolute atomic E-state index is 13.1. The Hall–Kier alpha value is -2.69. The van der Waals surface area contributed by atoms with Crippen molar-refractivity contribution < 1.29 is 9.18 Å². The van der Waals surface area contributed by atoms with Crippen molar-refractivity contribution in [2.45, 2.75) is 0 Å². The van der Waals surface area contributed by atoms with Crippen molar-refractivity contribution in [2.24, 2.45) is 4.99 Å². The molecule has 5 heteroatoms. The molecule has 2 N–H and O–H groups in total. The first-order valence-electron chi connectivity index (χ1n) is 6.68. The number of nitrogens with zero attached hydrogens (tertiary/aromatic N) is 1. The van der Waals surface area contributed by atoms with Gasteiger partial charge in [-0.1, -0.05) is 6.07 Å². The highest BCUT2D eigenvalue weighted by atomic mass is 19.1. The molecule has 21 heavy (non-hydrogen) atoms. The second-order valence-corrected chi connectivity index (χ2v) is 4.70. The van der Waals surface area contributed by atoms with Crippen LogP contribution in [0.1, 0.15) is 15.9 Å². The van der Waals surface area contributed by atoms with Gasteiger partial charge in [0.2, 0.25) is 0 Å². The van der Waals surface area contributed by atoms with Crippen LogP contribution in [0.2, 0.25) is 0 Å². The largest absolute Gasteiger partial charge is 0.368 e. The fourth-order valence-corrected chi connectivity index (χ4v) is 2.14. The molecule has 1 aliphatic heterocycles. The van der Waals surface area contributed by atoms with Crippen molar-refractivity contribution in [3.8, 4) is 0 Å². The normalized spacial score (nSPS) is 13.5. The predicted octanol–water partition coefficient (Wildman–Crippen LogP) is 2.43. The molecule has 0 radical (unpaired) electrons. The Kier molecular flexibility index (Phi) is 3.64. The number of hydrogen-bond acceptors (Lipinski definition) is 3. The molecule has 0 aliphatic carbocycles. The van der Waals surface area contributed by atoms with E-state index in [0.717, 1.165) is 24.5 Å². The number of benzene rings is 2. The van der Waals surface area contributed by atoms with Crippen molar-refractivity contribution in [3.05, 3.63) is 65.5 Å². The summed E-state index contributed by atoms with van der Waals surface area (Å²) in [5.74, 6) is 0.111. The van der Waals surface area contributed by atoms with E-state index < -0.39 is 5.82 Å². The van der Waals surface area contributed by atoms with Gasteiger partial charge in [0.05, 0.1) is 6.54 Å². The standard InChI is InChI=1S/C16H14FN3O/c17-13-3-1-2-12(10-13)16(21)20-14-6-4-11(5-7-14)15-18-8-9-19-15/h1-7,10H,8-9H2,(H,18,19)(H,20,21). The number of carbonyl (C=O) groups excluding carboxylic acids is 1. The van der Waals surface area contributed by atoms with Crippen molar-refractivity contribution in [2.75, 3.05) is 18.4 Å². The lowest BCUT2D eigenvalue weighted by Crippen LogP contribution is -2.19.